The highest BCUT2D eigenvalue weighted by Gasteiger charge is 2.08. The second-order valence-electron chi connectivity index (χ2n) is 2.40. The van der Waals surface area contributed by atoms with Crippen LogP contribution in [0.4, 0.5) is 0 Å². The Morgan fingerprint density at radius 3 is 2.92 bits per heavy atom. The zero-order chi connectivity index (χ0) is 9.84. The number of nitrogens with two attached hydrogens (primary N) is 1. The highest BCUT2D eigenvalue weighted by atomic mass is 32.1. The van der Waals surface area contributed by atoms with E-state index in [1.54, 1.807) is 6.07 Å². The highest BCUT2D eigenvalue weighted by Crippen LogP contribution is 2.17. The molecule has 0 saturated heterocycles. The molecule has 0 aliphatic heterocycles. The molecule has 0 radical (unpaired) electrons. The summed E-state index contributed by atoms with van der Waals surface area (Å²) in [5.41, 5.74) is 5.36. The predicted octanol–water partition coefficient (Wildman–Crippen LogP) is 1.36. The first-order valence-electron chi connectivity index (χ1n) is 3.59. The molecule has 70 valence electrons. The van der Waals surface area contributed by atoms with Gasteiger partial charge in [0.05, 0.1) is 12.1 Å². The number of thiocarbonyl (C=S) groups is 1. The van der Waals surface area contributed by atoms with Gasteiger partial charge in [-0.15, -0.1) is 11.3 Å². The molecule has 0 amide bonds. The summed E-state index contributed by atoms with van der Waals surface area (Å²) in [5, 5.41) is 0. The van der Waals surface area contributed by atoms with Crippen molar-refractivity contribution in [1.82, 2.24) is 0 Å². The first-order chi connectivity index (χ1) is 6.13. The third-order valence-corrected chi connectivity index (χ3v) is 2.61. The lowest BCUT2D eigenvalue weighted by atomic mass is 10.3. The molecule has 1 aromatic rings. The molecule has 0 bridgehead atoms. The first-order valence-corrected chi connectivity index (χ1v) is 4.81. The normalized spacial score (nSPS) is 9.62. The van der Waals surface area contributed by atoms with E-state index in [-0.39, 0.29) is 5.97 Å². The molecule has 5 heteroatoms. The molecule has 1 rings (SSSR count). The maximum Gasteiger partial charge on any atom is 0.348 e. The molecule has 13 heavy (non-hydrogen) atoms. The molecule has 0 aliphatic carbocycles. The molecule has 0 saturated carbocycles. The molecule has 1 aromatic heterocycles. The lowest BCUT2D eigenvalue weighted by Gasteiger charge is -1.93. The summed E-state index contributed by atoms with van der Waals surface area (Å²) in [5.74, 6) is -0.320. The van der Waals surface area contributed by atoms with Crippen LogP contribution < -0.4 is 5.73 Å². The van der Waals surface area contributed by atoms with Crippen LogP contribution >= 0.6 is 23.6 Å². The second-order valence-corrected chi connectivity index (χ2v) is 4.09. The Labute approximate surface area is 85.5 Å². The van der Waals surface area contributed by atoms with E-state index in [1.165, 1.54) is 18.4 Å². The summed E-state index contributed by atoms with van der Waals surface area (Å²) in [6.45, 7) is 0. The number of carbonyl (C=O) groups is 1. The average Bonchev–Trinajstić information content (AvgIpc) is 2.50. The van der Waals surface area contributed by atoms with Crippen molar-refractivity contribution in [3.63, 3.8) is 0 Å². The number of carbonyl (C=O) groups excluding carboxylic acids is 1. The Morgan fingerprint density at radius 1 is 1.69 bits per heavy atom. The summed E-state index contributed by atoms with van der Waals surface area (Å²) < 4.78 is 4.56. The fourth-order valence-electron chi connectivity index (χ4n) is 0.855. The van der Waals surface area contributed by atoms with Gasteiger partial charge in [-0.1, -0.05) is 12.2 Å². The molecule has 0 aliphatic rings. The molecule has 0 atom stereocenters. The number of methoxy groups -OCH3 is 1. The van der Waals surface area contributed by atoms with Gasteiger partial charge in [0.1, 0.15) is 4.88 Å². The van der Waals surface area contributed by atoms with Crippen molar-refractivity contribution in [3.8, 4) is 0 Å². The smallest absolute Gasteiger partial charge is 0.348 e. The lowest BCUT2D eigenvalue weighted by Crippen LogP contribution is -2.09. The third kappa shape index (κ3) is 2.78. The van der Waals surface area contributed by atoms with E-state index in [1.807, 2.05) is 6.07 Å². The van der Waals surface area contributed by atoms with E-state index in [0.717, 1.165) is 4.88 Å². The van der Waals surface area contributed by atoms with Crippen molar-refractivity contribution < 1.29 is 9.53 Å². The molecule has 0 unspecified atom stereocenters. The van der Waals surface area contributed by atoms with Crippen molar-refractivity contribution in [2.45, 2.75) is 6.42 Å². The standard InChI is InChI=1S/C8H9NO2S2/c1-11-8(10)6-3-2-5(13-6)4-7(9)12/h2-3H,4H2,1H3,(H2,9,12). The maximum atomic E-state index is 11.0. The molecule has 0 aromatic carbocycles. The Kier molecular flexibility index (Phi) is 3.39. The minimum atomic E-state index is -0.320. The van der Waals surface area contributed by atoms with E-state index in [2.05, 4.69) is 4.74 Å². The minimum absolute atomic E-state index is 0.320. The van der Waals surface area contributed by atoms with Crippen molar-refractivity contribution in [1.29, 1.82) is 0 Å². The molecule has 0 spiro atoms. The van der Waals surface area contributed by atoms with Crippen LogP contribution in [0.5, 0.6) is 0 Å². The van der Waals surface area contributed by atoms with Crippen LogP contribution in [-0.4, -0.2) is 18.1 Å². The Hall–Kier alpha value is -0.940. The van der Waals surface area contributed by atoms with Gasteiger partial charge in [-0.05, 0) is 12.1 Å². The molecule has 3 nitrogen and oxygen atoms in total. The zero-order valence-corrected chi connectivity index (χ0v) is 8.71. The summed E-state index contributed by atoms with van der Waals surface area (Å²) in [7, 11) is 1.36. The number of thiophene rings is 1. The van der Waals surface area contributed by atoms with Gasteiger partial charge in [-0.25, -0.2) is 4.79 Å². The fourth-order valence-corrected chi connectivity index (χ4v) is 2.05. The molecular formula is C8H9NO2S2. The first kappa shape index (κ1) is 10.1. The second kappa shape index (κ2) is 4.34. The van der Waals surface area contributed by atoms with Crippen molar-refractivity contribution in [2.75, 3.05) is 7.11 Å². The van der Waals surface area contributed by atoms with Crippen LogP contribution in [0.3, 0.4) is 0 Å². The zero-order valence-electron chi connectivity index (χ0n) is 7.07. The maximum absolute atomic E-state index is 11.0. The summed E-state index contributed by atoms with van der Waals surface area (Å²) in [6.07, 6.45) is 0.539. The van der Waals surface area contributed by atoms with Gasteiger partial charge < -0.3 is 10.5 Å². The van der Waals surface area contributed by atoms with Gasteiger partial charge in [-0.2, -0.15) is 0 Å². The van der Waals surface area contributed by atoms with Gasteiger partial charge >= 0.3 is 5.97 Å². The topological polar surface area (TPSA) is 52.3 Å². The van der Waals surface area contributed by atoms with Crippen LogP contribution in [0.1, 0.15) is 14.5 Å². The Bertz CT molecular complexity index is 333. The van der Waals surface area contributed by atoms with Crippen LogP contribution in [-0.2, 0) is 11.2 Å². The lowest BCUT2D eigenvalue weighted by molar-refractivity contribution is 0.0606. The monoisotopic (exact) mass is 215 g/mol. The molecular weight excluding hydrogens is 206 g/mol. The number of esters is 1. The quantitative estimate of drug-likeness (QED) is 0.611. The highest BCUT2D eigenvalue weighted by molar-refractivity contribution is 7.80. The van der Waals surface area contributed by atoms with Crippen LogP contribution in [0.25, 0.3) is 0 Å². The molecule has 1 heterocycles. The summed E-state index contributed by atoms with van der Waals surface area (Å²) in [6, 6.07) is 3.54. The van der Waals surface area contributed by atoms with Crippen molar-refractivity contribution in [3.05, 3.63) is 21.9 Å². The Balaban J connectivity index is 2.74. The SMILES string of the molecule is COC(=O)c1ccc(CC(N)=S)s1. The van der Waals surface area contributed by atoms with E-state index >= 15 is 0 Å². The van der Waals surface area contributed by atoms with E-state index in [4.69, 9.17) is 18.0 Å². The van der Waals surface area contributed by atoms with Crippen LogP contribution in [0.15, 0.2) is 12.1 Å². The summed E-state index contributed by atoms with van der Waals surface area (Å²) >= 11 is 6.10. The van der Waals surface area contributed by atoms with Gasteiger partial charge in [0.15, 0.2) is 0 Å². The average molecular weight is 215 g/mol. The minimum Gasteiger partial charge on any atom is -0.465 e. The largest absolute Gasteiger partial charge is 0.465 e. The Morgan fingerprint density at radius 2 is 2.38 bits per heavy atom. The van der Waals surface area contributed by atoms with Crippen molar-refractivity contribution >= 4 is 34.5 Å². The number of rotatable bonds is 3. The fraction of sp³-hybridized carbons (Fsp3) is 0.250. The van der Waals surface area contributed by atoms with Gasteiger partial charge in [0.2, 0.25) is 0 Å². The number of hydrogen-bond acceptors (Lipinski definition) is 4. The number of hydrogen-bond donors (Lipinski definition) is 1. The van der Waals surface area contributed by atoms with Crippen LogP contribution in [0, 0.1) is 0 Å². The van der Waals surface area contributed by atoms with Gasteiger partial charge in [0, 0.05) is 11.3 Å². The van der Waals surface area contributed by atoms with E-state index in [0.29, 0.717) is 16.3 Å². The number of ether oxygens (including phenoxy) is 1. The van der Waals surface area contributed by atoms with E-state index < -0.39 is 0 Å². The predicted molar refractivity (Wildman–Crippen MR) is 56.1 cm³/mol. The summed E-state index contributed by atoms with van der Waals surface area (Å²) in [4.78, 5) is 13.0. The molecule has 2 N–H and O–H groups in total. The third-order valence-electron chi connectivity index (χ3n) is 1.40. The van der Waals surface area contributed by atoms with Crippen molar-refractivity contribution in [2.24, 2.45) is 5.73 Å². The van der Waals surface area contributed by atoms with Crippen LogP contribution in [0.2, 0.25) is 0 Å². The molecule has 0 fully saturated rings. The van der Waals surface area contributed by atoms with Gasteiger partial charge in [-0.3, -0.25) is 0 Å². The van der Waals surface area contributed by atoms with E-state index in [9.17, 15) is 4.79 Å². The van der Waals surface area contributed by atoms with Gasteiger partial charge in [0.25, 0.3) is 0 Å².